The summed E-state index contributed by atoms with van der Waals surface area (Å²) in [6.45, 7) is -0.330. The van der Waals surface area contributed by atoms with Gasteiger partial charge in [0.05, 0.1) is 12.1 Å². The van der Waals surface area contributed by atoms with Crippen molar-refractivity contribution >= 4 is 23.4 Å². The Kier molecular flexibility index (Phi) is 5.86. The fourth-order valence-electron chi connectivity index (χ4n) is 3.22. The van der Waals surface area contributed by atoms with Gasteiger partial charge in [0.2, 0.25) is 0 Å². The standard InChI is InChI=1S/C20H21ClN2O4/c1-26-17-10-14(9-16(21)19(17)27-11-18(22)24)20(25)23-15-7-6-12-4-2-3-5-13(12)8-15/h2-5,9-10,15H,6-8,11H2,1H3,(H2,22,24)(H,23,25). The summed E-state index contributed by atoms with van der Waals surface area (Å²) >= 11 is 6.21. The molecule has 0 aromatic heterocycles. The molecule has 7 heteroatoms. The van der Waals surface area contributed by atoms with E-state index in [2.05, 4.69) is 17.4 Å². The van der Waals surface area contributed by atoms with Crippen LogP contribution in [0.15, 0.2) is 36.4 Å². The number of carbonyl (C=O) groups is 2. The first-order chi connectivity index (χ1) is 13.0. The van der Waals surface area contributed by atoms with Crippen LogP contribution in [-0.2, 0) is 17.6 Å². The van der Waals surface area contributed by atoms with Gasteiger partial charge in [0.15, 0.2) is 18.1 Å². The lowest BCUT2D eigenvalue weighted by atomic mass is 9.88. The molecule has 2 aromatic carbocycles. The van der Waals surface area contributed by atoms with Crippen molar-refractivity contribution in [1.82, 2.24) is 5.32 Å². The van der Waals surface area contributed by atoms with E-state index in [1.54, 1.807) is 0 Å². The smallest absolute Gasteiger partial charge is 0.255 e. The molecule has 6 nitrogen and oxygen atoms in total. The first kappa shape index (κ1) is 19.0. The number of methoxy groups -OCH3 is 1. The number of rotatable bonds is 6. The number of benzene rings is 2. The summed E-state index contributed by atoms with van der Waals surface area (Å²) in [5.41, 5.74) is 8.05. The molecule has 1 atom stereocenters. The molecule has 1 aliphatic rings. The van der Waals surface area contributed by atoms with E-state index in [-0.39, 0.29) is 35.1 Å². The molecular formula is C20H21ClN2O4. The van der Waals surface area contributed by atoms with Crippen LogP contribution in [-0.4, -0.2) is 31.6 Å². The van der Waals surface area contributed by atoms with Gasteiger partial charge in [-0.3, -0.25) is 9.59 Å². The number of hydrogen-bond donors (Lipinski definition) is 2. The second kappa shape index (κ2) is 8.31. The number of primary amides is 1. The Balaban J connectivity index is 1.73. The fourth-order valence-corrected chi connectivity index (χ4v) is 3.49. The molecule has 0 heterocycles. The van der Waals surface area contributed by atoms with Crippen LogP contribution >= 0.6 is 11.6 Å². The largest absolute Gasteiger partial charge is 0.493 e. The fraction of sp³-hybridized carbons (Fsp3) is 0.300. The Bertz CT molecular complexity index is 869. The number of ether oxygens (including phenoxy) is 2. The number of aryl methyl sites for hydroxylation is 1. The molecule has 0 radical (unpaired) electrons. The quantitative estimate of drug-likeness (QED) is 0.795. The van der Waals surface area contributed by atoms with Gasteiger partial charge >= 0.3 is 0 Å². The Labute approximate surface area is 162 Å². The maximum atomic E-state index is 12.7. The number of fused-ring (bicyclic) bond motifs is 1. The number of amides is 2. The number of carbonyl (C=O) groups excluding carboxylic acids is 2. The normalized spacial score (nSPS) is 15.6. The zero-order chi connectivity index (χ0) is 19.4. The third kappa shape index (κ3) is 4.52. The van der Waals surface area contributed by atoms with E-state index in [1.165, 1.54) is 30.4 Å². The van der Waals surface area contributed by atoms with Crippen molar-refractivity contribution < 1.29 is 19.1 Å². The third-order valence-corrected chi connectivity index (χ3v) is 4.81. The summed E-state index contributed by atoms with van der Waals surface area (Å²) in [4.78, 5) is 23.6. The molecule has 1 aliphatic carbocycles. The van der Waals surface area contributed by atoms with Gasteiger partial charge in [-0.15, -0.1) is 0 Å². The zero-order valence-electron chi connectivity index (χ0n) is 15.0. The Hall–Kier alpha value is -2.73. The van der Waals surface area contributed by atoms with Crippen molar-refractivity contribution in [3.8, 4) is 11.5 Å². The molecule has 0 saturated carbocycles. The lowest BCUT2D eigenvalue weighted by Gasteiger charge is -2.25. The van der Waals surface area contributed by atoms with Gasteiger partial charge in [0.25, 0.3) is 11.8 Å². The van der Waals surface area contributed by atoms with E-state index >= 15 is 0 Å². The molecule has 2 aromatic rings. The summed E-state index contributed by atoms with van der Waals surface area (Å²) in [6, 6.07) is 11.4. The van der Waals surface area contributed by atoms with Crippen LogP contribution in [0.25, 0.3) is 0 Å². The van der Waals surface area contributed by atoms with Crippen molar-refractivity contribution in [3.63, 3.8) is 0 Å². The lowest BCUT2D eigenvalue weighted by molar-refractivity contribution is -0.119. The maximum Gasteiger partial charge on any atom is 0.255 e. The first-order valence-electron chi connectivity index (χ1n) is 8.64. The highest BCUT2D eigenvalue weighted by Crippen LogP contribution is 2.36. The minimum atomic E-state index is -0.632. The molecule has 0 bridgehead atoms. The predicted octanol–water partition coefficient (Wildman–Crippen LogP) is 2.50. The van der Waals surface area contributed by atoms with Crippen molar-refractivity contribution in [2.45, 2.75) is 25.3 Å². The highest BCUT2D eigenvalue weighted by Gasteiger charge is 2.22. The van der Waals surface area contributed by atoms with Gasteiger partial charge in [0, 0.05) is 11.6 Å². The minimum Gasteiger partial charge on any atom is -0.493 e. The predicted molar refractivity (Wildman–Crippen MR) is 102 cm³/mol. The monoisotopic (exact) mass is 388 g/mol. The summed E-state index contributed by atoms with van der Waals surface area (Å²) in [5, 5.41) is 3.23. The van der Waals surface area contributed by atoms with Crippen molar-refractivity contribution in [3.05, 3.63) is 58.1 Å². The van der Waals surface area contributed by atoms with Gasteiger partial charge in [-0.1, -0.05) is 35.9 Å². The molecular weight excluding hydrogens is 368 g/mol. The van der Waals surface area contributed by atoms with Crippen LogP contribution in [0.4, 0.5) is 0 Å². The van der Waals surface area contributed by atoms with E-state index < -0.39 is 5.91 Å². The van der Waals surface area contributed by atoms with E-state index in [0.717, 1.165) is 19.3 Å². The van der Waals surface area contributed by atoms with Crippen molar-refractivity contribution in [1.29, 1.82) is 0 Å². The van der Waals surface area contributed by atoms with Crippen molar-refractivity contribution in [2.24, 2.45) is 5.73 Å². The molecule has 0 spiro atoms. The van der Waals surface area contributed by atoms with E-state index in [0.29, 0.717) is 5.56 Å². The van der Waals surface area contributed by atoms with Crippen molar-refractivity contribution in [2.75, 3.05) is 13.7 Å². The Morgan fingerprint density at radius 3 is 2.70 bits per heavy atom. The van der Waals surface area contributed by atoms with E-state index in [4.69, 9.17) is 26.8 Å². The van der Waals surface area contributed by atoms with Crippen LogP contribution in [0.2, 0.25) is 5.02 Å². The van der Waals surface area contributed by atoms with Gasteiger partial charge in [-0.05, 0) is 42.5 Å². The van der Waals surface area contributed by atoms with Gasteiger partial charge < -0.3 is 20.5 Å². The number of halogens is 1. The molecule has 0 aliphatic heterocycles. The van der Waals surface area contributed by atoms with Crippen LogP contribution < -0.4 is 20.5 Å². The van der Waals surface area contributed by atoms with Crippen LogP contribution in [0, 0.1) is 0 Å². The lowest BCUT2D eigenvalue weighted by Crippen LogP contribution is -2.38. The first-order valence-corrected chi connectivity index (χ1v) is 9.02. The maximum absolute atomic E-state index is 12.7. The van der Waals surface area contributed by atoms with Crippen LogP contribution in [0.3, 0.4) is 0 Å². The Morgan fingerprint density at radius 2 is 2.00 bits per heavy atom. The van der Waals surface area contributed by atoms with E-state index in [9.17, 15) is 9.59 Å². The molecule has 2 amide bonds. The van der Waals surface area contributed by atoms with Crippen LogP contribution in [0.1, 0.15) is 27.9 Å². The third-order valence-electron chi connectivity index (χ3n) is 4.53. The molecule has 1 unspecified atom stereocenters. The molecule has 27 heavy (non-hydrogen) atoms. The van der Waals surface area contributed by atoms with Crippen LogP contribution in [0.5, 0.6) is 11.5 Å². The highest BCUT2D eigenvalue weighted by molar-refractivity contribution is 6.32. The van der Waals surface area contributed by atoms with Gasteiger partial charge in [-0.2, -0.15) is 0 Å². The SMILES string of the molecule is COc1cc(C(=O)NC2CCc3ccccc3C2)cc(Cl)c1OCC(N)=O. The van der Waals surface area contributed by atoms with Gasteiger partial charge in [0.1, 0.15) is 0 Å². The number of nitrogens with one attached hydrogen (secondary N) is 1. The average Bonchev–Trinajstić information content (AvgIpc) is 2.66. The number of nitrogens with two attached hydrogens (primary N) is 1. The zero-order valence-corrected chi connectivity index (χ0v) is 15.7. The Morgan fingerprint density at radius 1 is 1.26 bits per heavy atom. The highest BCUT2D eigenvalue weighted by atomic mass is 35.5. The molecule has 3 N–H and O–H groups in total. The average molecular weight is 389 g/mol. The summed E-state index contributed by atoms with van der Waals surface area (Å²) in [7, 11) is 1.43. The molecule has 142 valence electrons. The minimum absolute atomic E-state index is 0.0583. The molecule has 0 saturated heterocycles. The summed E-state index contributed by atoms with van der Waals surface area (Å²) < 4.78 is 10.5. The summed E-state index contributed by atoms with van der Waals surface area (Å²) in [6.07, 6.45) is 2.62. The second-order valence-corrected chi connectivity index (χ2v) is 6.83. The molecule has 3 rings (SSSR count). The topological polar surface area (TPSA) is 90.7 Å². The second-order valence-electron chi connectivity index (χ2n) is 6.43. The van der Waals surface area contributed by atoms with Gasteiger partial charge in [-0.25, -0.2) is 0 Å². The van der Waals surface area contributed by atoms with E-state index in [1.807, 2.05) is 12.1 Å². The number of hydrogen-bond acceptors (Lipinski definition) is 4. The summed E-state index contributed by atoms with van der Waals surface area (Å²) in [5.74, 6) is -0.419. The molecule has 0 fully saturated rings.